The predicted octanol–water partition coefficient (Wildman–Crippen LogP) is 3.75. The van der Waals surface area contributed by atoms with Crippen LogP contribution in [0.4, 0.5) is 0 Å². The Morgan fingerprint density at radius 2 is 2.00 bits per heavy atom. The molecule has 1 amide bonds. The van der Waals surface area contributed by atoms with Gasteiger partial charge in [-0.2, -0.15) is 0 Å². The number of nitrogens with two attached hydrogens (primary N) is 1. The van der Waals surface area contributed by atoms with Gasteiger partial charge in [-0.3, -0.25) is 4.79 Å². The maximum atomic E-state index is 12.7. The van der Waals surface area contributed by atoms with Crippen molar-refractivity contribution in [3.63, 3.8) is 0 Å². The second-order valence-corrected chi connectivity index (χ2v) is 8.04. The lowest BCUT2D eigenvalue weighted by Gasteiger charge is -2.30. The van der Waals surface area contributed by atoms with E-state index in [9.17, 15) is 4.79 Å². The first kappa shape index (κ1) is 20.9. The van der Waals surface area contributed by atoms with E-state index in [1.54, 1.807) is 0 Å². The van der Waals surface area contributed by atoms with E-state index < -0.39 is 6.10 Å². The summed E-state index contributed by atoms with van der Waals surface area (Å²) in [7, 11) is 0. The first-order valence-corrected chi connectivity index (χ1v) is 10.2. The third kappa shape index (κ3) is 7.08. The number of hydrogen-bond acceptors (Lipinski definition) is 3. The minimum Gasteiger partial charge on any atom is -0.364 e. The van der Waals surface area contributed by atoms with E-state index in [1.165, 1.54) is 43.2 Å². The molecule has 26 heavy (non-hydrogen) atoms. The average molecular weight is 361 g/mol. The quantitative estimate of drug-likeness (QED) is 0.705. The van der Waals surface area contributed by atoms with Crippen molar-refractivity contribution in [3.8, 4) is 0 Å². The molecule has 3 N–H and O–H groups in total. The highest BCUT2D eigenvalue weighted by Crippen LogP contribution is 2.28. The zero-order valence-corrected chi connectivity index (χ0v) is 16.7. The van der Waals surface area contributed by atoms with E-state index in [-0.39, 0.29) is 18.1 Å². The highest BCUT2D eigenvalue weighted by atomic mass is 16.5. The number of hydrogen-bond donors (Lipinski definition) is 2. The van der Waals surface area contributed by atoms with Crippen molar-refractivity contribution < 1.29 is 9.53 Å². The van der Waals surface area contributed by atoms with Crippen LogP contribution in [0, 0.1) is 12.8 Å². The van der Waals surface area contributed by atoms with E-state index in [4.69, 9.17) is 10.5 Å². The molecule has 2 rings (SSSR count). The standard InChI is InChI=1S/C22H36N2O2/c1-16(2)26-21(20(23)15-18-9-5-4-6-10-18)22(25)24-13-12-19-11-7-8-17(3)14-19/h7-8,11,14,16,18,20-21H,4-6,9-10,12-13,15,23H2,1-3H3,(H,24,25)/t20-,21?/m1/s1. The lowest BCUT2D eigenvalue weighted by Crippen LogP contribution is -2.50. The lowest BCUT2D eigenvalue weighted by atomic mass is 9.84. The second-order valence-electron chi connectivity index (χ2n) is 8.04. The first-order chi connectivity index (χ1) is 12.5. The van der Waals surface area contributed by atoms with Crippen LogP contribution in [0.3, 0.4) is 0 Å². The van der Waals surface area contributed by atoms with Crippen LogP contribution in [0.1, 0.15) is 63.5 Å². The molecule has 1 aromatic rings. The average Bonchev–Trinajstić information content (AvgIpc) is 2.60. The van der Waals surface area contributed by atoms with Gasteiger partial charge in [0.05, 0.1) is 6.10 Å². The van der Waals surface area contributed by atoms with Crippen LogP contribution in [0.15, 0.2) is 24.3 Å². The molecular formula is C22H36N2O2. The Labute approximate surface area is 158 Å². The number of carbonyl (C=O) groups excluding carboxylic acids is 1. The topological polar surface area (TPSA) is 64.3 Å². The molecule has 0 radical (unpaired) electrons. The molecule has 0 aromatic heterocycles. The molecule has 1 aliphatic rings. The molecule has 1 unspecified atom stereocenters. The van der Waals surface area contributed by atoms with Crippen molar-refractivity contribution in [3.05, 3.63) is 35.4 Å². The maximum absolute atomic E-state index is 12.7. The SMILES string of the molecule is Cc1cccc(CCNC(=O)C(OC(C)C)[C@H](N)CC2CCCCC2)c1. The Hall–Kier alpha value is -1.39. The molecule has 0 bridgehead atoms. The molecule has 1 aliphatic carbocycles. The molecular weight excluding hydrogens is 324 g/mol. The van der Waals surface area contributed by atoms with Crippen LogP contribution in [-0.4, -0.2) is 30.7 Å². The van der Waals surface area contributed by atoms with Crippen molar-refractivity contribution in [2.45, 2.75) is 84.0 Å². The minimum absolute atomic E-state index is 0.0140. The van der Waals surface area contributed by atoms with E-state index >= 15 is 0 Å². The molecule has 0 spiro atoms. The zero-order valence-electron chi connectivity index (χ0n) is 16.7. The van der Waals surface area contributed by atoms with Crippen LogP contribution in [0.5, 0.6) is 0 Å². The smallest absolute Gasteiger partial charge is 0.250 e. The summed E-state index contributed by atoms with van der Waals surface area (Å²) in [5.74, 6) is 0.562. The summed E-state index contributed by atoms with van der Waals surface area (Å²) in [6, 6.07) is 8.15. The van der Waals surface area contributed by atoms with E-state index in [0.717, 1.165) is 12.8 Å². The number of aryl methyl sites for hydroxylation is 1. The van der Waals surface area contributed by atoms with Gasteiger partial charge in [0.15, 0.2) is 6.10 Å². The van der Waals surface area contributed by atoms with Gasteiger partial charge >= 0.3 is 0 Å². The van der Waals surface area contributed by atoms with Crippen molar-refractivity contribution in [2.75, 3.05) is 6.54 Å². The van der Waals surface area contributed by atoms with Gasteiger partial charge in [0.25, 0.3) is 5.91 Å². The van der Waals surface area contributed by atoms with Gasteiger partial charge in [-0.05, 0) is 45.1 Å². The number of carbonyl (C=O) groups is 1. The molecule has 0 aliphatic heterocycles. The van der Waals surface area contributed by atoms with Gasteiger partial charge in [0.2, 0.25) is 0 Å². The zero-order chi connectivity index (χ0) is 18.9. The second kappa shape index (κ2) is 10.7. The monoisotopic (exact) mass is 360 g/mol. The van der Waals surface area contributed by atoms with Gasteiger partial charge in [0, 0.05) is 12.6 Å². The summed E-state index contributed by atoms with van der Waals surface area (Å²) < 4.78 is 5.90. The molecule has 1 fully saturated rings. The van der Waals surface area contributed by atoms with Crippen molar-refractivity contribution >= 4 is 5.91 Å². The molecule has 0 saturated heterocycles. The number of amides is 1. The summed E-state index contributed by atoms with van der Waals surface area (Å²) in [5, 5.41) is 3.03. The molecule has 4 nitrogen and oxygen atoms in total. The Bertz CT molecular complexity index is 553. The fourth-order valence-electron chi connectivity index (χ4n) is 3.88. The summed E-state index contributed by atoms with van der Waals surface area (Å²) in [6.45, 7) is 6.61. The summed E-state index contributed by atoms with van der Waals surface area (Å²) in [6.07, 6.45) is 7.49. The number of benzene rings is 1. The van der Waals surface area contributed by atoms with Crippen molar-refractivity contribution in [1.82, 2.24) is 5.32 Å². The van der Waals surface area contributed by atoms with Crippen LogP contribution in [0.25, 0.3) is 0 Å². The van der Waals surface area contributed by atoms with Gasteiger partial charge in [-0.15, -0.1) is 0 Å². The molecule has 4 heteroatoms. The largest absolute Gasteiger partial charge is 0.364 e. The van der Waals surface area contributed by atoms with Crippen LogP contribution >= 0.6 is 0 Å². The first-order valence-electron chi connectivity index (χ1n) is 10.2. The molecule has 146 valence electrons. The van der Waals surface area contributed by atoms with Crippen LogP contribution < -0.4 is 11.1 Å². The minimum atomic E-state index is -0.561. The van der Waals surface area contributed by atoms with Crippen LogP contribution in [-0.2, 0) is 16.0 Å². The third-order valence-electron chi connectivity index (χ3n) is 5.19. The van der Waals surface area contributed by atoms with Crippen molar-refractivity contribution in [1.29, 1.82) is 0 Å². The molecule has 0 heterocycles. The van der Waals surface area contributed by atoms with Gasteiger partial charge in [0.1, 0.15) is 0 Å². The third-order valence-corrected chi connectivity index (χ3v) is 5.19. The van der Waals surface area contributed by atoms with Gasteiger partial charge in [-0.1, -0.05) is 61.9 Å². The normalized spacial score (nSPS) is 17.9. The molecule has 1 aromatic carbocycles. The summed E-state index contributed by atoms with van der Waals surface area (Å²) >= 11 is 0. The fraction of sp³-hybridized carbons (Fsp3) is 0.682. The van der Waals surface area contributed by atoms with Gasteiger partial charge < -0.3 is 15.8 Å². The van der Waals surface area contributed by atoms with E-state index in [2.05, 4.69) is 36.5 Å². The lowest BCUT2D eigenvalue weighted by molar-refractivity contribution is -0.137. The number of rotatable bonds is 9. The van der Waals surface area contributed by atoms with Crippen LogP contribution in [0.2, 0.25) is 0 Å². The van der Waals surface area contributed by atoms with Crippen molar-refractivity contribution in [2.24, 2.45) is 11.7 Å². The number of ether oxygens (including phenoxy) is 1. The van der Waals surface area contributed by atoms with E-state index in [1.807, 2.05) is 13.8 Å². The Balaban J connectivity index is 1.86. The highest BCUT2D eigenvalue weighted by Gasteiger charge is 2.29. The summed E-state index contributed by atoms with van der Waals surface area (Å²) in [5.41, 5.74) is 8.89. The number of nitrogens with one attached hydrogen (secondary N) is 1. The maximum Gasteiger partial charge on any atom is 0.250 e. The van der Waals surface area contributed by atoms with Gasteiger partial charge in [-0.25, -0.2) is 0 Å². The van der Waals surface area contributed by atoms with E-state index in [0.29, 0.717) is 12.5 Å². The molecule has 2 atom stereocenters. The highest BCUT2D eigenvalue weighted by molar-refractivity contribution is 5.81. The Morgan fingerprint density at radius 1 is 1.27 bits per heavy atom. The molecule has 1 saturated carbocycles. The Kier molecular flexibility index (Phi) is 8.60. The fourth-order valence-corrected chi connectivity index (χ4v) is 3.88. The Morgan fingerprint density at radius 3 is 2.65 bits per heavy atom. The summed E-state index contributed by atoms with van der Waals surface area (Å²) in [4.78, 5) is 12.7. The predicted molar refractivity (Wildman–Crippen MR) is 107 cm³/mol.